The third-order valence-electron chi connectivity index (χ3n) is 3.28. The Labute approximate surface area is 127 Å². The van der Waals surface area contributed by atoms with Crippen LogP contribution in [0.3, 0.4) is 0 Å². The number of aromatic nitrogens is 3. The number of rotatable bonds is 4. The van der Waals surface area contributed by atoms with Gasteiger partial charge in [-0.05, 0) is 24.6 Å². The van der Waals surface area contributed by atoms with Crippen LogP contribution in [0.5, 0.6) is 11.5 Å². The second-order valence-corrected chi connectivity index (χ2v) is 4.90. The number of benzene rings is 1. The first-order chi connectivity index (χ1) is 10.7. The van der Waals surface area contributed by atoms with Crippen molar-refractivity contribution in [1.82, 2.24) is 19.7 Å². The largest absolute Gasteiger partial charge is 0.454 e. The van der Waals surface area contributed by atoms with E-state index >= 15 is 0 Å². The number of nitrogens with zero attached hydrogens (tertiary/aromatic N) is 4. The van der Waals surface area contributed by atoms with E-state index in [0.717, 1.165) is 11.3 Å². The van der Waals surface area contributed by atoms with Crippen LogP contribution in [0.15, 0.2) is 24.5 Å². The van der Waals surface area contributed by atoms with Gasteiger partial charge in [0.15, 0.2) is 11.5 Å². The first-order valence-electron chi connectivity index (χ1n) is 6.96. The SMILES string of the molecule is CCn1cnc(NC(=O)N(C)Cc2ccc3c(c2)OCO3)n1. The molecule has 0 fully saturated rings. The highest BCUT2D eigenvalue weighted by molar-refractivity contribution is 5.87. The maximum Gasteiger partial charge on any atom is 0.324 e. The highest BCUT2D eigenvalue weighted by atomic mass is 16.7. The van der Waals surface area contributed by atoms with Gasteiger partial charge in [-0.25, -0.2) is 9.78 Å². The predicted molar refractivity (Wildman–Crippen MR) is 78.7 cm³/mol. The normalized spacial score (nSPS) is 12.3. The molecular weight excluding hydrogens is 286 g/mol. The quantitative estimate of drug-likeness (QED) is 0.929. The molecule has 0 spiro atoms. The maximum absolute atomic E-state index is 12.1. The zero-order valence-corrected chi connectivity index (χ0v) is 12.4. The number of hydrogen-bond donors (Lipinski definition) is 1. The molecule has 0 saturated carbocycles. The molecule has 0 bridgehead atoms. The van der Waals surface area contributed by atoms with E-state index < -0.39 is 0 Å². The Morgan fingerprint density at radius 2 is 2.23 bits per heavy atom. The standard InChI is InChI=1S/C14H17N5O3/c1-3-19-8-15-13(17-19)16-14(20)18(2)7-10-4-5-11-12(6-10)22-9-21-11/h4-6,8H,3,7,9H2,1-2H3,(H,16,17,20). The molecule has 8 heteroatoms. The summed E-state index contributed by atoms with van der Waals surface area (Å²) in [6.07, 6.45) is 1.58. The lowest BCUT2D eigenvalue weighted by Gasteiger charge is -2.17. The number of urea groups is 1. The maximum atomic E-state index is 12.1. The lowest BCUT2D eigenvalue weighted by Crippen LogP contribution is -2.31. The van der Waals surface area contributed by atoms with Crippen molar-refractivity contribution in [3.63, 3.8) is 0 Å². The summed E-state index contributed by atoms with van der Waals surface area (Å²) in [7, 11) is 1.71. The Morgan fingerprint density at radius 1 is 1.41 bits per heavy atom. The van der Waals surface area contributed by atoms with Crippen LogP contribution in [0.25, 0.3) is 0 Å². The minimum atomic E-state index is -0.272. The zero-order chi connectivity index (χ0) is 15.5. The van der Waals surface area contributed by atoms with E-state index in [-0.39, 0.29) is 12.8 Å². The molecular formula is C14H17N5O3. The third kappa shape index (κ3) is 2.95. The number of amides is 2. The summed E-state index contributed by atoms with van der Waals surface area (Å²) in [6, 6.07) is 5.34. The van der Waals surface area contributed by atoms with Gasteiger partial charge in [0.25, 0.3) is 0 Å². The molecule has 1 aromatic carbocycles. The first-order valence-corrected chi connectivity index (χ1v) is 6.96. The van der Waals surface area contributed by atoms with Crippen LogP contribution in [-0.4, -0.2) is 39.5 Å². The summed E-state index contributed by atoms with van der Waals surface area (Å²) >= 11 is 0. The number of nitrogens with one attached hydrogen (secondary N) is 1. The topological polar surface area (TPSA) is 81.5 Å². The smallest absolute Gasteiger partial charge is 0.324 e. The van der Waals surface area contributed by atoms with E-state index in [1.54, 1.807) is 23.0 Å². The molecule has 3 rings (SSSR count). The Morgan fingerprint density at radius 3 is 3.00 bits per heavy atom. The first kappa shape index (κ1) is 14.2. The van der Waals surface area contributed by atoms with Gasteiger partial charge in [0.1, 0.15) is 6.33 Å². The Kier molecular flexibility index (Phi) is 3.82. The molecule has 1 aliphatic rings. The predicted octanol–water partition coefficient (Wildman–Crippen LogP) is 1.69. The number of carbonyl (C=O) groups excluding carboxylic acids is 1. The Bertz CT molecular complexity index is 685. The van der Waals surface area contributed by atoms with E-state index in [4.69, 9.17) is 9.47 Å². The number of hydrogen-bond acceptors (Lipinski definition) is 5. The molecule has 1 aliphatic heterocycles. The Balaban J connectivity index is 1.61. The van der Waals surface area contributed by atoms with Crippen LogP contribution < -0.4 is 14.8 Å². The third-order valence-corrected chi connectivity index (χ3v) is 3.28. The molecule has 8 nitrogen and oxygen atoms in total. The average Bonchev–Trinajstić information content (AvgIpc) is 3.15. The van der Waals surface area contributed by atoms with Gasteiger partial charge in [-0.3, -0.25) is 10.00 Å². The molecule has 0 unspecified atom stereocenters. The van der Waals surface area contributed by atoms with E-state index in [1.165, 1.54) is 0 Å². The van der Waals surface area contributed by atoms with Crippen LogP contribution >= 0.6 is 0 Å². The number of fused-ring (bicyclic) bond motifs is 1. The molecule has 116 valence electrons. The van der Waals surface area contributed by atoms with Crippen molar-refractivity contribution >= 4 is 12.0 Å². The van der Waals surface area contributed by atoms with Gasteiger partial charge in [0, 0.05) is 20.1 Å². The van der Waals surface area contributed by atoms with Gasteiger partial charge in [-0.2, -0.15) is 0 Å². The highest BCUT2D eigenvalue weighted by Crippen LogP contribution is 2.32. The van der Waals surface area contributed by atoms with E-state index in [0.29, 0.717) is 24.8 Å². The summed E-state index contributed by atoms with van der Waals surface area (Å²) in [5.74, 6) is 1.73. The van der Waals surface area contributed by atoms with Gasteiger partial charge in [-0.15, -0.1) is 5.10 Å². The minimum Gasteiger partial charge on any atom is -0.454 e. The van der Waals surface area contributed by atoms with Crippen molar-refractivity contribution in [1.29, 1.82) is 0 Å². The number of ether oxygens (including phenoxy) is 2. The fourth-order valence-electron chi connectivity index (χ4n) is 2.08. The van der Waals surface area contributed by atoms with Crippen molar-refractivity contribution in [2.75, 3.05) is 19.2 Å². The summed E-state index contributed by atoms with van der Waals surface area (Å²) in [6.45, 7) is 3.33. The monoisotopic (exact) mass is 303 g/mol. The van der Waals surface area contributed by atoms with Gasteiger partial charge in [0.05, 0.1) is 0 Å². The van der Waals surface area contributed by atoms with Crippen molar-refractivity contribution in [2.45, 2.75) is 20.0 Å². The van der Waals surface area contributed by atoms with Gasteiger partial charge < -0.3 is 14.4 Å². The van der Waals surface area contributed by atoms with Crippen molar-refractivity contribution in [3.8, 4) is 11.5 Å². The fourth-order valence-corrected chi connectivity index (χ4v) is 2.08. The molecule has 0 radical (unpaired) electrons. The van der Waals surface area contributed by atoms with E-state index in [2.05, 4.69) is 15.4 Å². The fraction of sp³-hybridized carbons (Fsp3) is 0.357. The number of aryl methyl sites for hydroxylation is 1. The molecule has 2 aromatic rings. The molecule has 2 amide bonds. The number of anilines is 1. The second kappa shape index (κ2) is 5.92. The van der Waals surface area contributed by atoms with E-state index in [9.17, 15) is 4.79 Å². The molecule has 0 saturated heterocycles. The molecule has 22 heavy (non-hydrogen) atoms. The van der Waals surface area contributed by atoms with Crippen LogP contribution in [0.4, 0.5) is 10.7 Å². The minimum absolute atomic E-state index is 0.237. The second-order valence-electron chi connectivity index (χ2n) is 4.90. The van der Waals surface area contributed by atoms with E-state index in [1.807, 2.05) is 25.1 Å². The average molecular weight is 303 g/mol. The van der Waals surface area contributed by atoms with Crippen LogP contribution in [0, 0.1) is 0 Å². The van der Waals surface area contributed by atoms with Crippen molar-refractivity contribution in [3.05, 3.63) is 30.1 Å². The lowest BCUT2D eigenvalue weighted by molar-refractivity contribution is 0.174. The highest BCUT2D eigenvalue weighted by Gasteiger charge is 2.16. The molecule has 1 N–H and O–H groups in total. The molecule has 2 heterocycles. The van der Waals surface area contributed by atoms with Crippen molar-refractivity contribution in [2.24, 2.45) is 0 Å². The molecule has 0 aliphatic carbocycles. The molecule has 0 atom stereocenters. The molecule has 1 aromatic heterocycles. The van der Waals surface area contributed by atoms with Crippen LogP contribution in [-0.2, 0) is 13.1 Å². The lowest BCUT2D eigenvalue weighted by atomic mass is 10.2. The van der Waals surface area contributed by atoms with Gasteiger partial charge in [-0.1, -0.05) is 6.07 Å². The zero-order valence-electron chi connectivity index (χ0n) is 12.4. The van der Waals surface area contributed by atoms with Crippen LogP contribution in [0.2, 0.25) is 0 Å². The van der Waals surface area contributed by atoms with Crippen LogP contribution in [0.1, 0.15) is 12.5 Å². The Hall–Kier alpha value is -2.77. The summed E-state index contributed by atoms with van der Waals surface area (Å²) < 4.78 is 12.2. The van der Waals surface area contributed by atoms with Gasteiger partial charge >= 0.3 is 6.03 Å². The summed E-state index contributed by atoms with van der Waals surface area (Å²) in [5, 5.41) is 6.77. The number of carbonyl (C=O) groups is 1. The van der Waals surface area contributed by atoms with Crippen molar-refractivity contribution < 1.29 is 14.3 Å². The summed E-state index contributed by atoms with van der Waals surface area (Å²) in [4.78, 5) is 17.7. The summed E-state index contributed by atoms with van der Waals surface area (Å²) in [5.41, 5.74) is 0.953. The van der Waals surface area contributed by atoms with Gasteiger partial charge in [0.2, 0.25) is 12.7 Å².